The Hall–Kier alpha value is -0.870. The van der Waals surface area contributed by atoms with Crippen molar-refractivity contribution in [3.05, 3.63) is 28.2 Å². The van der Waals surface area contributed by atoms with Gasteiger partial charge in [0, 0.05) is 24.0 Å². The molecular formula is C13H17BrN2O. The van der Waals surface area contributed by atoms with Crippen LogP contribution in [0.5, 0.6) is 0 Å². The second-order valence-electron chi connectivity index (χ2n) is 4.35. The van der Waals surface area contributed by atoms with Crippen LogP contribution in [0.1, 0.15) is 18.4 Å². The average Bonchev–Trinajstić information content (AvgIpc) is 2.26. The molecule has 0 radical (unpaired) electrons. The predicted molar refractivity (Wildman–Crippen MR) is 73.3 cm³/mol. The van der Waals surface area contributed by atoms with E-state index >= 15 is 0 Å². The molecule has 1 saturated heterocycles. The Morgan fingerprint density at radius 1 is 1.35 bits per heavy atom. The summed E-state index contributed by atoms with van der Waals surface area (Å²) in [6.45, 7) is 4.59. The maximum atomic E-state index is 12.1. The van der Waals surface area contributed by atoms with Crippen LogP contribution in [0.3, 0.4) is 0 Å². The van der Waals surface area contributed by atoms with E-state index in [-0.39, 0.29) is 5.91 Å². The number of carbonyl (C=O) groups excluding carboxylic acids is 1. The van der Waals surface area contributed by atoms with E-state index in [9.17, 15) is 4.79 Å². The van der Waals surface area contributed by atoms with Crippen molar-refractivity contribution in [2.45, 2.75) is 19.8 Å². The first kappa shape index (κ1) is 12.6. The maximum absolute atomic E-state index is 12.1. The highest BCUT2D eigenvalue weighted by Gasteiger charge is 2.18. The van der Waals surface area contributed by atoms with Crippen molar-refractivity contribution in [2.75, 3.05) is 24.5 Å². The Bertz CT molecular complexity index is 420. The number of hydrogen-bond donors (Lipinski definition) is 1. The minimum Gasteiger partial charge on any atom is -0.316 e. The number of nitrogens with zero attached hydrogens (tertiary/aromatic N) is 1. The molecule has 1 aliphatic rings. The molecule has 1 N–H and O–H groups in total. The van der Waals surface area contributed by atoms with Crippen molar-refractivity contribution in [3.63, 3.8) is 0 Å². The highest BCUT2D eigenvalue weighted by molar-refractivity contribution is 9.10. The normalized spacial score (nSPS) is 17.8. The third kappa shape index (κ3) is 3.07. The van der Waals surface area contributed by atoms with Crippen molar-refractivity contribution in [2.24, 2.45) is 0 Å². The van der Waals surface area contributed by atoms with E-state index in [0.717, 1.165) is 36.2 Å². The molecule has 1 aliphatic heterocycles. The third-order valence-corrected chi connectivity index (χ3v) is 3.58. The topological polar surface area (TPSA) is 32.3 Å². The predicted octanol–water partition coefficient (Wildman–Crippen LogP) is 2.47. The summed E-state index contributed by atoms with van der Waals surface area (Å²) in [5, 5.41) is 3.25. The molecule has 0 atom stereocenters. The summed E-state index contributed by atoms with van der Waals surface area (Å²) in [5.74, 6) is 0.196. The third-order valence-electron chi connectivity index (χ3n) is 2.95. The van der Waals surface area contributed by atoms with Gasteiger partial charge < -0.3 is 10.2 Å². The number of benzene rings is 1. The Morgan fingerprint density at radius 3 is 2.94 bits per heavy atom. The summed E-state index contributed by atoms with van der Waals surface area (Å²) in [7, 11) is 0. The van der Waals surface area contributed by atoms with Crippen LogP contribution in [0.2, 0.25) is 0 Å². The zero-order valence-electron chi connectivity index (χ0n) is 10.0. The summed E-state index contributed by atoms with van der Waals surface area (Å²) in [6, 6.07) is 6.12. The number of amides is 1. The molecule has 1 amide bonds. The highest BCUT2D eigenvalue weighted by atomic mass is 79.9. The molecule has 4 heteroatoms. The van der Waals surface area contributed by atoms with Gasteiger partial charge in [0.25, 0.3) is 0 Å². The lowest BCUT2D eigenvalue weighted by Crippen LogP contribution is -2.38. The summed E-state index contributed by atoms with van der Waals surface area (Å²) in [5.41, 5.74) is 2.18. The fourth-order valence-electron chi connectivity index (χ4n) is 2.03. The first-order chi connectivity index (χ1) is 8.18. The van der Waals surface area contributed by atoms with Gasteiger partial charge in [-0.3, -0.25) is 4.79 Å². The maximum Gasteiger partial charge on any atom is 0.228 e. The molecule has 92 valence electrons. The molecule has 1 aromatic rings. The molecule has 0 bridgehead atoms. The van der Waals surface area contributed by atoms with Crippen molar-refractivity contribution in [3.8, 4) is 0 Å². The molecule has 3 nitrogen and oxygen atoms in total. The number of carbonyl (C=O) groups is 1. The molecule has 2 rings (SSSR count). The summed E-state index contributed by atoms with van der Waals surface area (Å²) in [4.78, 5) is 14.0. The second-order valence-corrected chi connectivity index (χ2v) is 5.21. The van der Waals surface area contributed by atoms with E-state index in [1.807, 2.05) is 24.0 Å². The van der Waals surface area contributed by atoms with Crippen LogP contribution in [0.15, 0.2) is 22.7 Å². The van der Waals surface area contributed by atoms with Gasteiger partial charge in [0.15, 0.2) is 0 Å². The molecule has 0 saturated carbocycles. The van der Waals surface area contributed by atoms with Crippen LogP contribution >= 0.6 is 15.9 Å². The minimum absolute atomic E-state index is 0.196. The fourth-order valence-corrected chi connectivity index (χ4v) is 2.74. The van der Waals surface area contributed by atoms with Gasteiger partial charge in [-0.2, -0.15) is 0 Å². The minimum atomic E-state index is 0.196. The molecule has 0 aliphatic carbocycles. The van der Waals surface area contributed by atoms with Crippen molar-refractivity contribution < 1.29 is 4.79 Å². The number of hydrogen-bond acceptors (Lipinski definition) is 2. The Labute approximate surface area is 110 Å². The first-order valence-corrected chi connectivity index (χ1v) is 6.75. The quantitative estimate of drug-likeness (QED) is 0.863. The Morgan fingerprint density at radius 2 is 2.18 bits per heavy atom. The molecule has 1 aromatic carbocycles. The van der Waals surface area contributed by atoms with Crippen LogP contribution in [-0.4, -0.2) is 25.5 Å². The van der Waals surface area contributed by atoms with Crippen LogP contribution in [-0.2, 0) is 4.79 Å². The van der Waals surface area contributed by atoms with Gasteiger partial charge >= 0.3 is 0 Å². The molecule has 1 fully saturated rings. The molecule has 17 heavy (non-hydrogen) atoms. The second kappa shape index (κ2) is 5.65. The number of anilines is 1. The lowest BCUT2D eigenvalue weighted by atomic mass is 10.2. The van der Waals surface area contributed by atoms with E-state index < -0.39 is 0 Å². The van der Waals surface area contributed by atoms with Crippen LogP contribution < -0.4 is 10.2 Å². The van der Waals surface area contributed by atoms with E-state index in [4.69, 9.17) is 0 Å². The van der Waals surface area contributed by atoms with Crippen LogP contribution in [0, 0.1) is 6.92 Å². The average molecular weight is 297 g/mol. The van der Waals surface area contributed by atoms with Gasteiger partial charge in [-0.05, 0) is 53.5 Å². The number of nitrogens with one attached hydrogen (secondary N) is 1. The van der Waals surface area contributed by atoms with Crippen molar-refractivity contribution >= 4 is 27.5 Å². The summed E-state index contributed by atoms with van der Waals surface area (Å²) < 4.78 is 0.999. The molecule has 0 aromatic heterocycles. The van der Waals surface area contributed by atoms with Crippen LogP contribution in [0.4, 0.5) is 5.69 Å². The van der Waals surface area contributed by atoms with Crippen molar-refractivity contribution in [1.82, 2.24) is 5.32 Å². The van der Waals surface area contributed by atoms with Gasteiger partial charge in [0.2, 0.25) is 5.91 Å². The molecular weight excluding hydrogens is 280 g/mol. The number of rotatable bonds is 1. The van der Waals surface area contributed by atoms with E-state index in [2.05, 4.69) is 27.3 Å². The zero-order chi connectivity index (χ0) is 12.3. The highest BCUT2D eigenvalue weighted by Crippen LogP contribution is 2.28. The Balaban J connectivity index is 2.25. The monoisotopic (exact) mass is 296 g/mol. The van der Waals surface area contributed by atoms with Gasteiger partial charge in [0.05, 0.1) is 5.69 Å². The SMILES string of the molecule is Cc1ccc(N2CCCNCCC2=O)c(Br)c1. The lowest BCUT2D eigenvalue weighted by Gasteiger charge is -2.26. The lowest BCUT2D eigenvalue weighted by molar-refractivity contribution is -0.118. The molecule has 0 unspecified atom stereocenters. The van der Waals surface area contributed by atoms with Crippen molar-refractivity contribution in [1.29, 1.82) is 0 Å². The van der Waals surface area contributed by atoms with Gasteiger partial charge in [-0.25, -0.2) is 0 Å². The van der Waals surface area contributed by atoms with Crippen LogP contribution in [0.25, 0.3) is 0 Å². The van der Waals surface area contributed by atoms with E-state index in [0.29, 0.717) is 6.42 Å². The first-order valence-electron chi connectivity index (χ1n) is 5.96. The molecule has 0 spiro atoms. The van der Waals surface area contributed by atoms with Gasteiger partial charge in [-0.1, -0.05) is 6.07 Å². The van der Waals surface area contributed by atoms with E-state index in [1.165, 1.54) is 5.56 Å². The zero-order valence-corrected chi connectivity index (χ0v) is 11.6. The van der Waals surface area contributed by atoms with E-state index in [1.54, 1.807) is 0 Å². The number of halogens is 1. The molecule has 1 heterocycles. The Kier molecular flexibility index (Phi) is 4.18. The largest absolute Gasteiger partial charge is 0.316 e. The summed E-state index contributed by atoms with van der Waals surface area (Å²) in [6.07, 6.45) is 1.56. The summed E-state index contributed by atoms with van der Waals surface area (Å²) >= 11 is 3.55. The van der Waals surface area contributed by atoms with Gasteiger partial charge in [-0.15, -0.1) is 0 Å². The standard InChI is InChI=1S/C13H17BrN2O/c1-10-3-4-12(11(14)9-10)16-8-2-6-15-7-5-13(16)17/h3-4,9,15H,2,5-8H2,1H3. The smallest absolute Gasteiger partial charge is 0.228 e. The fraction of sp³-hybridized carbons (Fsp3) is 0.462. The van der Waals surface area contributed by atoms with Gasteiger partial charge in [0.1, 0.15) is 0 Å². The number of aryl methyl sites for hydroxylation is 1.